The lowest BCUT2D eigenvalue weighted by molar-refractivity contribution is -0.0511. The maximum atomic E-state index is 9.96. The number of aliphatic hydroxyl groups is 3. The van der Waals surface area contributed by atoms with Crippen molar-refractivity contribution in [2.75, 3.05) is 6.61 Å². The Morgan fingerprint density at radius 1 is 1.37 bits per heavy atom. The summed E-state index contributed by atoms with van der Waals surface area (Å²) >= 11 is 5.08. The van der Waals surface area contributed by atoms with Crippen LogP contribution < -0.4 is 0 Å². The predicted octanol–water partition coefficient (Wildman–Crippen LogP) is -0.900. The van der Waals surface area contributed by atoms with Gasteiger partial charge in [-0.15, -0.1) is 0 Å². The van der Waals surface area contributed by atoms with Crippen molar-refractivity contribution < 1.29 is 20.1 Å². The molecule has 1 fully saturated rings. The highest BCUT2D eigenvalue weighted by atomic mass is 32.1. The molecule has 2 aromatic heterocycles. The fourth-order valence-corrected chi connectivity index (χ4v) is 2.36. The van der Waals surface area contributed by atoms with Gasteiger partial charge in [-0.2, -0.15) is 0 Å². The highest BCUT2D eigenvalue weighted by Gasteiger charge is 2.43. The minimum Gasteiger partial charge on any atom is -0.394 e. The number of hydrogen-bond donors (Lipinski definition) is 4. The Morgan fingerprint density at radius 2 is 2.16 bits per heavy atom. The SMILES string of the molecule is OC[C@H]1OC(n2cnc3c(=S)[nH]cnc32)[C@H](O)[C@@H]1O. The van der Waals surface area contributed by atoms with Crippen molar-refractivity contribution in [3.63, 3.8) is 0 Å². The van der Waals surface area contributed by atoms with Crippen LogP contribution in [0.25, 0.3) is 11.2 Å². The lowest BCUT2D eigenvalue weighted by Crippen LogP contribution is -2.33. The smallest absolute Gasteiger partial charge is 0.166 e. The Labute approximate surface area is 112 Å². The molecule has 2 aromatic rings. The second-order valence-electron chi connectivity index (χ2n) is 4.28. The lowest BCUT2D eigenvalue weighted by atomic mass is 10.1. The number of fused-ring (bicyclic) bond motifs is 1. The van der Waals surface area contributed by atoms with Gasteiger partial charge in [-0.05, 0) is 0 Å². The molecule has 0 radical (unpaired) electrons. The van der Waals surface area contributed by atoms with Crippen molar-refractivity contribution in [3.8, 4) is 0 Å². The third kappa shape index (κ3) is 1.86. The first-order valence-corrected chi connectivity index (χ1v) is 6.07. The molecule has 1 aliphatic rings. The molecule has 3 rings (SSSR count). The summed E-state index contributed by atoms with van der Waals surface area (Å²) in [6, 6.07) is 0. The fraction of sp³-hybridized carbons (Fsp3) is 0.500. The van der Waals surface area contributed by atoms with Crippen molar-refractivity contribution in [1.82, 2.24) is 19.5 Å². The monoisotopic (exact) mass is 284 g/mol. The van der Waals surface area contributed by atoms with E-state index >= 15 is 0 Å². The topological polar surface area (TPSA) is 116 Å². The zero-order chi connectivity index (χ0) is 13.6. The Kier molecular flexibility index (Phi) is 3.07. The third-order valence-electron chi connectivity index (χ3n) is 3.16. The molecule has 0 amide bonds. The van der Waals surface area contributed by atoms with E-state index in [4.69, 9.17) is 22.1 Å². The molecule has 1 aliphatic heterocycles. The normalized spacial score (nSPS) is 31.1. The Balaban J connectivity index is 2.06. The standard InChI is InChI=1S/C10H12N4O4S/c15-1-4-6(16)7(17)10(18-4)14-3-13-5-8(14)11-2-12-9(5)19/h2-4,6-7,10,15-17H,1H2,(H,11,12,19)/t4-,6-,7-,10?/m1/s1. The van der Waals surface area contributed by atoms with E-state index in [2.05, 4.69) is 15.0 Å². The van der Waals surface area contributed by atoms with Crippen LogP contribution in [0, 0.1) is 4.64 Å². The lowest BCUT2D eigenvalue weighted by Gasteiger charge is -2.16. The average molecular weight is 284 g/mol. The van der Waals surface area contributed by atoms with Crippen LogP contribution in [0.1, 0.15) is 6.23 Å². The molecule has 19 heavy (non-hydrogen) atoms. The number of hydrogen-bond acceptors (Lipinski definition) is 7. The number of ether oxygens (including phenoxy) is 1. The van der Waals surface area contributed by atoms with Crippen molar-refractivity contribution in [3.05, 3.63) is 17.3 Å². The molecule has 0 aliphatic carbocycles. The summed E-state index contributed by atoms with van der Waals surface area (Å²) in [5.74, 6) is 0. The van der Waals surface area contributed by atoms with Crippen LogP contribution >= 0.6 is 12.2 Å². The van der Waals surface area contributed by atoms with Gasteiger partial charge < -0.3 is 25.0 Å². The Hall–Kier alpha value is -1.39. The summed E-state index contributed by atoms with van der Waals surface area (Å²) in [5, 5.41) is 28.8. The molecule has 9 heteroatoms. The van der Waals surface area contributed by atoms with Crippen LogP contribution in [0.2, 0.25) is 0 Å². The first-order chi connectivity index (χ1) is 9.13. The summed E-state index contributed by atoms with van der Waals surface area (Å²) in [4.78, 5) is 11.0. The second-order valence-corrected chi connectivity index (χ2v) is 4.69. The first kappa shape index (κ1) is 12.6. The largest absolute Gasteiger partial charge is 0.394 e. The van der Waals surface area contributed by atoms with Crippen LogP contribution in [-0.2, 0) is 4.74 Å². The highest BCUT2D eigenvalue weighted by molar-refractivity contribution is 7.71. The van der Waals surface area contributed by atoms with E-state index in [1.807, 2.05) is 0 Å². The molecule has 3 heterocycles. The number of aromatic nitrogens is 4. The summed E-state index contributed by atoms with van der Waals surface area (Å²) in [5.41, 5.74) is 0.925. The van der Waals surface area contributed by atoms with Crippen LogP contribution in [0.4, 0.5) is 0 Å². The van der Waals surface area contributed by atoms with Gasteiger partial charge in [0.25, 0.3) is 0 Å². The highest BCUT2D eigenvalue weighted by Crippen LogP contribution is 2.30. The van der Waals surface area contributed by atoms with Crippen LogP contribution in [0.3, 0.4) is 0 Å². The van der Waals surface area contributed by atoms with Gasteiger partial charge in [0.2, 0.25) is 0 Å². The summed E-state index contributed by atoms with van der Waals surface area (Å²) in [6.07, 6.45) is -1.18. The molecule has 8 nitrogen and oxygen atoms in total. The first-order valence-electron chi connectivity index (χ1n) is 5.66. The predicted molar refractivity (Wildman–Crippen MR) is 65.7 cm³/mol. The van der Waals surface area contributed by atoms with Gasteiger partial charge in [0.15, 0.2) is 11.9 Å². The molecular weight excluding hydrogens is 272 g/mol. The minimum atomic E-state index is -1.17. The van der Waals surface area contributed by atoms with Gasteiger partial charge in [-0.1, -0.05) is 12.2 Å². The van der Waals surface area contributed by atoms with E-state index in [1.54, 1.807) is 0 Å². The average Bonchev–Trinajstić information content (AvgIpc) is 2.94. The van der Waals surface area contributed by atoms with E-state index in [1.165, 1.54) is 17.2 Å². The van der Waals surface area contributed by atoms with Crippen molar-refractivity contribution in [2.24, 2.45) is 0 Å². The number of imidazole rings is 1. The maximum Gasteiger partial charge on any atom is 0.166 e. The molecule has 0 aromatic carbocycles. The van der Waals surface area contributed by atoms with Crippen LogP contribution in [-0.4, -0.2) is 59.8 Å². The summed E-state index contributed by atoms with van der Waals surface area (Å²) < 4.78 is 7.33. The number of nitrogens with zero attached hydrogens (tertiary/aromatic N) is 3. The molecule has 4 N–H and O–H groups in total. The van der Waals surface area contributed by atoms with E-state index in [-0.39, 0.29) is 6.61 Å². The number of aliphatic hydroxyl groups excluding tert-OH is 3. The third-order valence-corrected chi connectivity index (χ3v) is 3.47. The number of H-pyrrole nitrogens is 1. The van der Waals surface area contributed by atoms with Gasteiger partial charge in [-0.3, -0.25) is 4.57 Å². The Morgan fingerprint density at radius 3 is 2.84 bits per heavy atom. The van der Waals surface area contributed by atoms with Crippen molar-refractivity contribution in [2.45, 2.75) is 24.5 Å². The van der Waals surface area contributed by atoms with Gasteiger partial charge in [0, 0.05) is 0 Å². The maximum absolute atomic E-state index is 9.96. The number of rotatable bonds is 2. The van der Waals surface area contributed by atoms with Crippen LogP contribution in [0.5, 0.6) is 0 Å². The van der Waals surface area contributed by atoms with E-state index in [9.17, 15) is 10.2 Å². The fourth-order valence-electron chi connectivity index (χ4n) is 2.16. The zero-order valence-corrected chi connectivity index (χ0v) is 10.5. The molecule has 0 bridgehead atoms. The van der Waals surface area contributed by atoms with Crippen molar-refractivity contribution in [1.29, 1.82) is 0 Å². The molecule has 0 saturated carbocycles. The molecular formula is C10H12N4O4S. The van der Waals surface area contributed by atoms with Gasteiger partial charge >= 0.3 is 0 Å². The molecule has 4 atom stereocenters. The van der Waals surface area contributed by atoms with Crippen molar-refractivity contribution >= 4 is 23.4 Å². The van der Waals surface area contributed by atoms with E-state index in [0.717, 1.165) is 0 Å². The quantitative estimate of drug-likeness (QED) is 0.528. The zero-order valence-electron chi connectivity index (χ0n) is 9.67. The summed E-state index contributed by atoms with van der Waals surface area (Å²) in [7, 11) is 0. The van der Waals surface area contributed by atoms with Gasteiger partial charge in [-0.25, -0.2) is 9.97 Å². The molecule has 1 saturated heterocycles. The minimum absolute atomic E-state index is 0.380. The van der Waals surface area contributed by atoms with E-state index < -0.39 is 24.5 Å². The Bertz CT molecular complexity index is 656. The van der Waals surface area contributed by atoms with Crippen LogP contribution in [0.15, 0.2) is 12.7 Å². The molecule has 102 valence electrons. The number of aromatic amines is 1. The molecule has 0 spiro atoms. The van der Waals surface area contributed by atoms with Gasteiger partial charge in [0.1, 0.15) is 28.5 Å². The molecule has 1 unspecified atom stereocenters. The van der Waals surface area contributed by atoms with E-state index in [0.29, 0.717) is 15.8 Å². The number of nitrogens with one attached hydrogen (secondary N) is 1. The van der Waals surface area contributed by atoms with Gasteiger partial charge in [0.05, 0.1) is 19.3 Å². The second kappa shape index (κ2) is 4.62. The summed E-state index contributed by atoms with van der Waals surface area (Å²) in [6.45, 7) is -0.380.